The largest absolute Gasteiger partial charge is 0.497 e. The van der Waals surface area contributed by atoms with Gasteiger partial charge in [0, 0.05) is 5.56 Å². The Kier molecular flexibility index (Phi) is 5.37. The Morgan fingerprint density at radius 2 is 1.81 bits per heavy atom. The average Bonchev–Trinajstić information content (AvgIpc) is 3.19. The number of anilines is 1. The van der Waals surface area contributed by atoms with Gasteiger partial charge in [0.1, 0.15) is 5.75 Å². The number of carbonyl (C=O) groups excluding carboxylic acids is 2. The molecule has 1 aromatic heterocycles. The van der Waals surface area contributed by atoms with Crippen molar-refractivity contribution >= 4 is 29.2 Å². The molecule has 3 aromatic rings. The molecule has 0 spiro atoms. The molecule has 0 radical (unpaired) electrons. The summed E-state index contributed by atoms with van der Waals surface area (Å²) in [6.07, 6.45) is 0. The summed E-state index contributed by atoms with van der Waals surface area (Å²) in [7, 11) is 2.82. The molecule has 0 bridgehead atoms. The van der Waals surface area contributed by atoms with Crippen LogP contribution < -0.4 is 10.1 Å². The highest BCUT2D eigenvalue weighted by molar-refractivity contribution is 6.34. The van der Waals surface area contributed by atoms with E-state index in [1.165, 1.54) is 25.3 Å². The maximum absolute atomic E-state index is 12.4. The number of nitrogens with one attached hydrogen (secondary N) is 1. The van der Waals surface area contributed by atoms with Crippen molar-refractivity contribution in [3.05, 3.63) is 58.9 Å². The first-order valence-corrected chi connectivity index (χ1v) is 8.06. The van der Waals surface area contributed by atoms with Crippen molar-refractivity contribution in [1.29, 1.82) is 0 Å². The zero-order valence-corrected chi connectivity index (χ0v) is 15.1. The number of methoxy groups -OCH3 is 2. The Hall–Kier alpha value is -3.39. The van der Waals surface area contributed by atoms with Crippen molar-refractivity contribution in [2.45, 2.75) is 0 Å². The number of amides is 1. The van der Waals surface area contributed by atoms with Crippen molar-refractivity contribution in [2.24, 2.45) is 0 Å². The van der Waals surface area contributed by atoms with Gasteiger partial charge in [0.05, 0.1) is 30.5 Å². The van der Waals surface area contributed by atoms with Gasteiger partial charge < -0.3 is 19.2 Å². The van der Waals surface area contributed by atoms with E-state index < -0.39 is 11.9 Å². The number of rotatable bonds is 5. The number of halogens is 1. The minimum Gasteiger partial charge on any atom is -0.497 e. The molecule has 27 heavy (non-hydrogen) atoms. The molecule has 0 aliphatic rings. The summed E-state index contributed by atoms with van der Waals surface area (Å²) in [6, 6.07) is 11.3. The summed E-state index contributed by atoms with van der Waals surface area (Å²) in [5.74, 6) is -0.609. The number of carbonyl (C=O) groups is 2. The highest BCUT2D eigenvalue weighted by Gasteiger charge is 2.18. The van der Waals surface area contributed by atoms with E-state index in [4.69, 9.17) is 20.8 Å². The van der Waals surface area contributed by atoms with Crippen molar-refractivity contribution in [3.8, 4) is 17.2 Å². The SMILES string of the molecule is COC(=O)c1ccc(Cl)c(NC(=O)c2nnc(-c3ccc(OC)cc3)o2)c1. The van der Waals surface area contributed by atoms with E-state index in [1.807, 2.05) is 0 Å². The van der Waals surface area contributed by atoms with Crippen molar-refractivity contribution in [3.63, 3.8) is 0 Å². The predicted molar refractivity (Wildman–Crippen MR) is 97.0 cm³/mol. The minimum absolute atomic E-state index is 0.178. The highest BCUT2D eigenvalue weighted by atomic mass is 35.5. The maximum atomic E-state index is 12.4. The van der Waals surface area contributed by atoms with Crippen LogP contribution in [0.3, 0.4) is 0 Å². The lowest BCUT2D eigenvalue weighted by atomic mass is 10.2. The monoisotopic (exact) mass is 387 g/mol. The highest BCUT2D eigenvalue weighted by Crippen LogP contribution is 2.25. The van der Waals surface area contributed by atoms with E-state index in [9.17, 15) is 9.59 Å². The van der Waals surface area contributed by atoms with Crippen LogP contribution in [-0.2, 0) is 4.74 Å². The molecular formula is C18H14ClN3O5. The first-order valence-electron chi connectivity index (χ1n) is 7.69. The summed E-state index contributed by atoms with van der Waals surface area (Å²) in [5, 5.41) is 10.4. The topological polar surface area (TPSA) is 104 Å². The van der Waals surface area contributed by atoms with Crippen LogP contribution in [0.25, 0.3) is 11.5 Å². The van der Waals surface area contributed by atoms with Gasteiger partial charge in [-0.05, 0) is 42.5 Å². The molecule has 0 saturated carbocycles. The van der Waals surface area contributed by atoms with E-state index in [1.54, 1.807) is 31.4 Å². The fraction of sp³-hybridized carbons (Fsp3) is 0.111. The van der Waals surface area contributed by atoms with Gasteiger partial charge in [-0.15, -0.1) is 10.2 Å². The van der Waals surface area contributed by atoms with Gasteiger partial charge in [0.25, 0.3) is 0 Å². The standard InChI is InChI=1S/C18H14ClN3O5/c1-25-12-6-3-10(4-7-12)16-21-22-17(27-16)15(23)20-14-9-11(18(24)26-2)5-8-13(14)19/h3-9H,1-2H3,(H,20,23). The first kappa shape index (κ1) is 18.4. The van der Waals surface area contributed by atoms with Crippen molar-refractivity contribution < 1.29 is 23.5 Å². The third kappa shape index (κ3) is 4.06. The average molecular weight is 388 g/mol. The van der Waals surface area contributed by atoms with Gasteiger partial charge in [-0.3, -0.25) is 4.79 Å². The van der Waals surface area contributed by atoms with Crippen molar-refractivity contribution in [1.82, 2.24) is 10.2 Å². The van der Waals surface area contributed by atoms with E-state index in [0.29, 0.717) is 11.3 Å². The zero-order chi connectivity index (χ0) is 19.4. The maximum Gasteiger partial charge on any atom is 0.337 e. The quantitative estimate of drug-likeness (QED) is 0.668. The van der Waals surface area contributed by atoms with Gasteiger partial charge in [-0.2, -0.15) is 0 Å². The van der Waals surface area contributed by atoms with Crippen LogP contribution in [0.2, 0.25) is 5.02 Å². The Balaban J connectivity index is 1.79. The molecule has 0 saturated heterocycles. The van der Waals surface area contributed by atoms with Crippen LogP contribution in [0.4, 0.5) is 5.69 Å². The molecule has 0 atom stereocenters. The smallest absolute Gasteiger partial charge is 0.337 e. The Bertz CT molecular complexity index is 985. The van der Waals surface area contributed by atoms with E-state index in [0.717, 1.165) is 0 Å². The van der Waals surface area contributed by atoms with Crippen LogP contribution in [0.5, 0.6) is 5.75 Å². The van der Waals surface area contributed by atoms with Gasteiger partial charge in [0.2, 0.25) is 5.89 Å². The molecule has 0 aliphatic heterocycles. The second-order valence-corrected chi connectivity index (χ2v) is 5.69. The Labute approximate surface area is 159 Å². The fourth-order valence-electron chi connectivity index (χ4n) is 2.21. The van der Waals surface area contributed by atoms with Gasteiger partial charge in [-0.1, -0.05) is 11.6 Å². The molecule has 0 fully saturated rings. The first-order chi connectivity index (χ1) is 13.0. The van der Waals surface area contributed by atoms with E-state index in [2.05, 4.69) is 20.3 Å². The van der Waals surface area contributed by atoms with Crippen LogP contribution >= 0.6 is 11.6 Å². The summed E-state index contributed by atoms with van der Waals surface area (Å²) >= 11 is 6.06. The lowest BCUT2D eigenvalue weighted by molar-refractivity contribution is 0.0600. The number of esters is 1. The van der Waals surface area contributed by atoms with E-state index >= 15 is 0 Å². The molecule has 2 aromatic carbocycles. The molecule has 1 amide bonds. The second-order valence-electron chi connectivity index (χ2n) is 5.28. The molecule has 9 heteroatoms. The summed E-state index contributed by atoms with van der Waals surface area (Å²) < 4.78 is 15.1. The van der Waals surface area contributed by atoms with Gasteiger partial charge in [0.15, 0.2) is 0 Å². The lowest BCUT2D eigenvalue weighted by Crippen LogP contribution is -2.13. The molecule has 0 aliphatic carbocycles. The Morgan fingerprint density at radius 3 is 2.48 bits per heavy atom. The zero-order valence-electron chi connectivity index (χ0n) is 14.4. The number of benzene rings is 2. The third-order valence-corrected chi connectivity index (χ3v) is 3.92. The number of ether oxygens (including phenoxy) is 2. The third-order valence-electron chi connectivity index (χ3n) is 3.59. The molecule has 0 unspecified atom stereocenters. The summed E-state index contributed by atoms with van der Waals surface area (Å²) in [4.78, 5) is 24.0. The number of aromatic nitrogens is 2. The molecule has 8 nitrogen and oxygen atoms in total. The second kappa shape index (κ2) is 7.88. The normalized spacial score (nSPS) is 10.3. The van der Waals surface area contributed by atoms with Crippen LogP contribution in [0, 0.1) is 0 Å². The van der Waals surface area contributed by atoms with Crippen LogP contribution in [0.1, 0.15) is 21.0 Å². The Morgan fingerprint density at radius 1 is 1.07 bits per heavy atom. The molecule has 1 heterocycles. The number of nitrogens with zero attached hydrogens (tertiary/aromatic N) is 2. The molecule has 3 rings (SSSR count). The predicted octanol–water partition coefficient (Wildman–Crippen LogP) is 3.44. The fourth-order valence-corrected chi connectivity index (χ4v) is 2.37. The van der Waals surface area contributed by atoms with E-state index in [-0.39, 0.29) is 28.1 Å². The lowest BCUT2D eigenvalue weighted by Gasteiger charge is -2.07. The summed E-state index contributed by atoms with van der Waals surface area (Å²) in [6.45, 7) is 0. The molecule has 1 N–H and O–H groups in total. The van der Waals surface area contributed by atoms with Crippen LogP contribution in [-0.4, -0.2) is 36.3 Å². The van der Waals surface area contributed by atoms with Gasteiger partial charge >= 0.3 is 17.8 Å². The number of hydrogen-bond acceptors (Lipinski definition) is 7. The number of hydrogen-bond donors (Lipinski definition) is 1. The van der Waals surface area contributed by atoms with Crippen molar-refractivity contribution in [2.75, 3.05) is 19.5 Å². The van der Waals surface area contributed by atoms with Gasteiger partial charge in [-0.25, -0.2) is 4.79 Å². The molecular weight excluding hydrogens is 374 g/mol. The van der Waals surface area contributed by atoms with Crippen LogP contribution in [0.15, 0.2) is 46.9 Å². The molecule has 138 valence electrons. The summed E-state index contributed by atoms with van der Waals surface area (Å²) in [5.41, 5.74) is 1.09. The minimum atomic E-state index is -0.661.